The average molecular weight is 426 g/mol. The van der Waals surface area contributed by atoms with Crippen LogP contribution in [0.3, 0.4) is 0 Å². The van der Waals surface area contributed by atoms with Gasteiger partial charge in [0.05, 0.1) is 0 Å². The van der Waals surface area contributed by atoms with Gasteiger partial charge >= 0.3 is 0 Å². The van der Waals surface area contributed by atoms with E-state index in [1.807, 2.05) is 50.5 Å². The molecule has 0 radical (unpaired) electrons. The number of thiocarbonyl (C=S) groups is 1. The number of nitrogens with two attached hydrogens (primary N) is 1. The fourth-order valence-electron chi connectivity index (χ4n) is 2.38. The van der Waals surface area contributed by atoms with E-state index in [1.54, 1.807) is 31.1 Å². The highest BCUT2D eigenvalue weighted by molar-refractivity contribution is 8.02. The van der Waals surface area contributed by atoms with E-state index in [-0.39, 0.29) is 0 Å². The minimum Gasteiger partial charge on any atom is -0.398 e. The molecule has 2 aromatic carbocycles. The molecule has 0 atom stereocenters. The van der Waals surface area contributed by atoms with E-state index >= 15 is 0 Å². The van der Waals surface area contributed by atoms with Crippen molar-refractivity contribution in [3.8, 4) is 0 Å². The fraction of sp³-hybridized carbons (Fsp3) is 0.182. The first-order valence-corrected chi connectivity index (χ1v) is 10.4. The lowest BCUT2D eigenvalue weighted by Gasteiger charge is -2.14. The van der Waals surface area contributed by atoms with Gasteiger partial charge in [-0.3, -0.25) is 4.99 Å². The van der Waals surface area contributed by atoms with E-state index in [0.29, 0.717) is 10.8 Å². The topological polar surface area (TPSA) is 65.7 Å². The normalized spacial score (nSPS) is 11.3. The largest absolute Gasteiger partial charge is 0.398 e. The first-order chi connectivity index (χ1) is 13.9. The van der Waals surface area contributed by atoms with Crippen LogP contribution in [0.5, 0.6) is 0 Å². The van der Waals surface area contributed by atoms with Gasteiger partial charge in [-0.2, -0.15) is 0 Å². The zero-order valence-electron chi connectivity index (χ0n) is 17.0. The van der Waals surface area contributed by atoms with Crippen molar-refractivity contribution >= 4 is 52.4 Å². The Bertz CT molecular complexity index is 902. The number of nitrogens with zero attached hydrogens (tertiary/aromatic N) is 2. The quantitative estimate of drug-likeness (QED) is 0.319. The number of hydrogen-bond donors (Lipinski definition) is 3. The highest BCUT2D eigenvalue weighted by atomic mass is 32.2. The summed E-state index contributed by atoms with van der Waals surface area (Å²) in [6.07, 6.45) is 3.41. The smallest absolute Gasteiger partial charge is 0.175 e. The van der Waals surface area contributed by atoms with Crippen molar-refractivity contribution in [3.05, 3.63) is 77.4 Å². The highest BCUT2D eigenvalue weighted by Gasteiger charge is 2.04. The maximum absolute atomic E-state index is 5.97. The average Bonchev–Trinajstić information content (AvgIpc) is 2.70. The summed E-state index contributed by atoms with van der Waals surface area (Å²) in [5, 5.41) is 6.98. The molecule has 0 fully saturated rings. The van der Waals surface area contributed by atoms with Crippen LogP contribution < -0.4 is 21.3 Å². The lowest BCUT2D eigenvalue weighted by atomic mass is 10.2. The first-order valence-electron chi connectivity index (χ1n) is 9.03. The second-order valence-corrected chi connectivity index (χ2v) is 7.94. The Morgan fingerprint density at radius 1 is 1.17 bits per heavy atom. The molecule has 0 saturated heterocycles. The van der Waals surface area contributed by atoms with Crippen LogP contribution in [0.25, 0.3) is 0 Å². The van der Waals surface area contributed by atoms with E-state index in [0.717, 1.165) is 33.3 Å². The van der Waals surface area contributed by atoms with Crippen molar-refractivity contribution < 1.29 is 0 Å². The molecule has 0 bridgehead atoms. The number of benzene rings is 2. The summed E-state index contributed by atoms with van der Waals surface area (Å²) >= 11 is 7.03. The molecule has 0 aromatic heterocycles. The van der Waals surface area contributed by atoms with Crippen LogP contribution in [0.1, 0.15) is 5.56 Å². The summed E-state index contributed by atoms with van der Waals surface area (Å²) < 4.78 is 0. The van der Waals surface area contributed by atoms with Crippen molar-refractivity contribution in [2.24, 2.45) is 10.7 Å². The Morgan fingerprint density at radius 3 is 2.52 bits per heavy atom. The predicted octanol–water partition coefficient (Wildman–Crippen LogP) is 4.85. The number of allylic oxidation sites excluding steroid dienone is 1. The molecule has 0 aliphatic carbocycles. The number of nitrogens with one attached hydrogen (secondary N) is 2. The van der Waals surface area contributed by atoms with Crippen LogP contribution in [0.15, 0.2) is 76.8 Å². The van der Waals surface area contributed by atoms with Gasteiger partial charge in [-0.1, -0.05) is 18.7 Å². The summed E-state index contributed by atoms with van der Waals surface area (Å²) in [4.78, 5) is 6.77. The molecule has 0 aliphatic heterocycles. The van der Waals surface area contributed by atoms with Gasteiger partial charge in [0.2, 0.25) is 0 Å². The van der Waals surface area contributed by atoms with Gasteiger partial charge in [-0.15, -0.1) is 11.8 Å². The van der Waals surface area contributed by atoms with E-state index in [2.05, 4.69) is 39.2 Å². The van der Waals surface area contributed by atoms with Gasteiger partial charge in [0.1, 0.15) is 0 Å². The molecule has 2 rings (SSSR count). The third-order valence-electron chi connectivity index (χ3n) is 3.96. The SMILES string of the molecule is C=C(SCc1cccc(NC(=S)Nc2ccc(N(C)C)cc2)c1)/C(N)=C\C=NC. The van der Waals surface area contributed by atoms with Crippen LogP contribution >= 0.6 is 24.0 Å². The van der Waals surface area contributed by atoms with Gasteiger partial charge < -0.3 is 21.3 Å². The lowest BCUT2D eigenvalue weighted by Crippen LogP contribution is -2.19. The summed E-state index contributed by atoms with van der Waals surface area (Å²) in [7, 11) is 5.73. The summed E-state index contributed by atoms with van der Waals surface area (Å²) in [6, 6.07) is 16.2. The Balaban J connectivity index is 1.91. The molecular weight excluding hydrogens is 398 g/mol. The molecule has 0 saturated carbocycles. The maximum Gasteiger partial charge on any atom is 0.175 e. The van der Waals surface area contributed by atoms with Crippen molar-refractivity contribution in [3.63, 3.8) is 0 Å². The Hall–Kier alpha value is -2.77. The Labute approximate surface area is 182 Å². The van der Waals surface area contributed by atoms with Gasteiger partial charge in [0.15, 0.2) is 5.11 Å². The van der Waals surface area contributed by atoms with Crippen LogP contribution in [0.2, 0.25) is 0 Å². The molecule has 29 heavy (non-hydrogen) atoms. The lowest BCUT2D eigenvalue weighted by molar-refractivity contribution is 1.13. The van der Waals surface area contributed by atoms with Crippen LogP contribution in [0.4, 0.5) is 17.1 Å². The van der Waals surface area contributed by atoms with Gasteiger partial charge in [-0.25, -0.2) is 0 Å². The summed E-state index contributed by atoms with van der Waals surface area (Å²) in [6.45, 7) is 4.02. The van der Waals surface area contributed by atoms with E-state index in [1.165, 1.54) is 0 Å². The van der Waals surface area contributed by atoms with E-state index in [4.69, 9.17) is 18.0 Å². The molecule has 152 valence electrons. The standard InChI is InChI=1S/C22H27N5S2/c1-16(21(23)12-13-24-2)29-15-17-6-5-7-19(14-17)26-22(28)25-18-8-10-20(11-9-18)27(3)4/h5-14H,1,15,23H2,2-4H3,(H2,25,26,28)/b21-12+,24-13?. The molecule has 0 spiro atoms. The second kappa shape index (κ2) is 11.3. The zero-order chi connectivity index (χ0) is 21.2. The zero-order valence-corrected chi connectivity index (χ0v) is 18.6. The van der Waals surface area contributed by atoms with Gasteiger partial charge in [0.25, 0.3) is 0 Å². The number of rotatable bonds is 8. The summed E-state index contributed by atoms with van der Waals surface area (Å²) in [5.74, 6) is 0.762. The van der Waals surface area contributed by atoms with Crippen molar-refractivity contribution in [1.82, 2.24) is 0 Å². The van der Waals surface area contributed by atoms with Crippen LogP contribution in [0, 0.1) is 0 Å². The molecule has 0 amide bonds. The minimum absolute atomic E-state index is 0.544. The molecule has 4 N–H and O–H groups in total. The van der Waals surface area contributed by atoms with Crippen LogP contribution in [-0.2, 0) is 5.75 Å². The van der Waals surface area contributed by atoms with Gasteiger partial charge in [0, 0.05) is 60.8 Å². The minimum atomic E-state index is 0.544. The summed E-state index contributed by atoms with van der Waals surface area (Å²) in [5.41, 5.74) is 10.8. The molecule has 7 heteroatoms. The molecule has 0 aliphatic rings. The van der Waals surface area contributed by atoms with E-state index < -0.39 is 0 Å². The Morgan fingerprint density at radius 2 is 1.86 bits per heavy atom. The third-order valence-corrected chi connectivity index (χ3v) is 5.23. The number of anilines is 3. The second-order valence-electron chi connectivity index (χ2n) is 6.46. The number of aliphatic imine (C=N–C) groups is 1. The highest BCUT2D eigenvalue weighted by Crippen LogP contribution is 2.25. The number of thioether (sulfide) groups is 1. The first kappa shape index (κ1) is 22.5. The van der Waals surface area contributed by atoms with Crippen molar-refractivity contribution in [1.29, 1.82) is 0 Å². The fourth-order valence-corrected chi connectivity index (χ4v) is 3.37. The van der Waals surface area contributed by atoms with Crippen molar-refractivity contribution in [2.45, 2.75) is 5.75 Å². The third kappa shape index (κ3) is 7.63. The molecule has 2 aromatic rings. The molecule has 0 unspecified atom stereocenters. The van der Waals surface area contributed by atoms with Crippen molar-refractivity contribution in [2.75, 3.05) is 36.7 Å². The Kier molecular flexibility index (Phi) is 8.76. The molecule has 0 heterocycles. The molecular formula is C22H27N5S2. The number of hydrogen-bond acceptors (Lipinski definition) is 5. The monoisotopic (exact) mass is 425 g/mol. The van der Waals surface area contributed by atoms with Crippen LogP contribution in [-0.4, -0.2) is 32.5 Å². The van der Waals surface area contributed by atoms with E-state index in [9.17, 15) is 0 Å². The molecule has 5 nitrogen and oxygen atoms in total. The maximum atomic E-state index is 5.97. The van der Waals surface area contributed by atoms with Gasteiger partial charge in [-0.05, 0) is 60.3 Å². The predicted molar refractivity (Wildman–Crippen MR) is 134 cm³/mol.